The van der Waals surface area contributed by atoms with Gasteiger partial charge in [0.15, 0.2) is 11.5 Å². The molecule has 1 amide bonds. The highest BCUT2D eigenvalue weighted by atomic mass is 35.5. The van der Waals surface area contributed by atoms with E-state index in [1.807, 2.05) is 6.07 Å². The van der Waals surface area contributed by atoms with Crippen molar-refractivity contribution >= 4 is 17.5 Å². The highest BCUT2D eigenvalue weighted by Gasteiger charge is 2.49. The summed E-state index contributed by atoms with van der Waals surface area (Å²) in [5.74, 6) is 1.29. The van der Waals surface area contributed by atoms with Crippen LogP contribution in [0.3, 0.4) is 0 Å². The number of ether oxygens (including phenoxy) is 2. The molecule has 27 heavy (non-hydrogen) atoms. The number of amides is 1. The lowest BCUT2D eigenvalue weighted by molar-refractivity contribution is -0.149. The highest BCUT2D eigenvalue weighted by molar-refractivity contribution is 6.30. The van der Waals surface area contributed by atoms with Gasteiger partial charge in [-0.3, -0.25) is 9.69 Å². The van der Waals surface area contributed by atoms with Crippen LogP contribution in [0.1, 0.15) is 38.2 Å². The molecule has 1 aromatic rings. The van der Waals surface area contributed by atoms with E-state index in [9.17, 15) is 9.90 Å². The van der Waals surface area contributed by atoms with Crippen LogP contribution in [-0.4, -0.2) is 55.4 Å². The fourth-order valence-electron chi connectivity index (χ4n) is 4.16. The quantitative estimate of drug-likeness (QED) is 0.773. The number of aliphatic hydroxyl groups excluding tert-OH is 1. The van der Waals surface area contributed by atoms with Crippen molar-refractivity contribution in [2.24, 2.45) is 5.41 Å². The maximum absolute atomic E-state index is 12.6. The minimum absolute atomic E-state index is 0.0305. The zero-order valence-electron chi connectivity index (χ0n) is 16.1. The molecule has 7 heteroatoms. The van der Waals surface area contributed by atoms with Crippen molar-refractivity contribution in [3.63, 3.8) is 0 Å². The van der Waals surface area contributed by atoms with E-state index in [0.717, 1.165) is 24.9 Å². The number of likely N-dealkylation sites (tertiary alicyclic amines) is 1. The molecule has 3 rings (SSSR count). The van der Waals surface area contributed by atoms with E-state index in [1.165, 1.54) is 0 Å². The Labute approximate surface area is 165 Å². The molecule has 0 radical (unpaired) electrons. The molecule has 1 aromatic carbocycles. The molecule has 2 heterocycles. The van der Waals surface area contributed by atoms with Gasteiger partial charge >= 0.3 is 0 Å². The molecular weight excluding hydrogens is 368 g/mol. The summed E-state index contributed by atoms with van der Waals surface area (Å²) in [5.41, 5.74) is 0.222. The third-order valence-electron chi connectivity index (χ3n) is 5.56. The standard InChI is InChI=1S/C20H29ClN2O4/c1-3-9-27-18-14(10-15(21)11-16(18)26-2)12-23-8-5-17(24)20(13-23)6-4-7-22-19(20)25/h10-11,17,24H,3-9,12-13H2,1-2H3,(H,22,25)/t17-,20+/m0/s1. The summed E-state index contributed by atoms with van der Waals surface area (Å²) in [6, 6.07) is 3.65. The Morgan fingerprint density at radius 2 is 2.26 bits per heavy atom. The topological polar surface area (TPSA) is 71.0 Å². The largest absolute Gasteiger partial charge is 0.493 e. The number of nitrogens with one attached hydrogen (secondary N) is 1. The van der Waals surface area contributed by atoms with Crippen LogP contribution < -0.4 is 14.8 Å². The Balaban J connectivity index is 1.84. The van der Waals surface area contributed by atoms with Gasteiger partial charge in [0, 0.05) is 42.8 Å². The molecular formula is C20H29ClN2O4. The Morgan fingerprint density at radius 3 is 2.96 bits per heavy atom. The van der Waals surface area contributed by atoms with E-state index in [0.29, 0.717) is 55.6 Å². The summed E-state index contributed by atoms with van der Waals surface area (Å²) in [6.07, 6.45) is 2.49. The van der Waals surface area contributed by atoms with Crippen LogP contribution in [-0.2, 0) is 11.3 Å². The van der Waals surface area contributed by atoms with Crippen molar-refractivity contribution in [1.29, 1.82) is 0 Å². The summed E-state index contributed by atoms with van der Waals surface area (Å²) in [7, 11) is 1.60. The van der Waals surface area contributed by atoms with Crippen LogP contribution in [0, 0.1) is 5.41 Å². The molecule has 2 fully saturated rings. The first kappa shape index (κ1) is 20.2. The van der Waals surface area contributed by atoms with Crippen LogP contribution >= 0.6 is 11.6 Å². The van der Waals surface area contributed by atoms with Gasteiger partial charge in [-0.2, -0.15) is 0 Å². The monoisotopic (exact) mass is 396 g/mol. The van der Waals surface area contributed by atoms with Gasteiger partial charge in [-0.15, -0.1) is 0 Å². The van der Waals surface area contributed by atoms with Crippen molar-refractivity contribution in [3.8, 4) is 11.5 Å². The lowest BCUT2D eigenvalue weighted by Crippen LogP contribution is -2.61. The Bertz CT molecular complexity index is 684. The number of halogens is 1. The normalized spacial score (nSPS) is 26.1. The van der Waals surface area contributed by atoms with Gasteiger partial charge in [-0.1, -0.05) is 18.5 Å². The molecule has 0 aromatic heterocycles. The number of methoxy groups -OCH3 is 1. The maximum Gasteiger partial charge on any atom is 0.230 e. The van der Waals surface area contributed by atoms with Crippen LogP contribution in [0.25, 0.3) is 0 Å². The molecule has 6 nitrogen and oxygen atoms in total. The van der Waals surface area contributed by atoms with E-state index in [-0.39, 0.29) is 5.91 Å². The molecule has 0 saturated carbocycles. The molecule has 2 aliphatic rings. The third-order valence-corrected chi connectivity index (χ3v) is 5.78. The maximum atomic E-state index is 12.6. The van der Waals surface area contributed by atoms with Crippen LogP contribution in [0.15, 0.2) is 12.1 Å². The number of carbonyl (C=O) groups is 1. The zero-order chi connectivity index (χ0) is 19.4. The SMILES string of the molecule is CCCOc1c(CN2CC[C@H](O)[C@@]3(CCCNC3=O)C2)cc(Cl)cc1OC. The first-order chi connectivity index (χ1) is 13.0. The Kier molecular flexibility index (Phi) is 6.50. The van der Waals surface area contributed by atoms with Gasteiger partial charge in [0.2, 0.25) is 5.91 Å². The average molecular weight is 397 g/mol. The van der Waals surface area contributed by atoms with Crippen molar-refractivity contribution < 1.29 is 19.4 Å². The van der Waals surface area contributed by atoms with Gasteiger partial charge in [0.25, 0.3) is 0 Å². The van der Waals surface area contributed by atoms with Crippen LogP contribution in [0.2, 0.25) is 5.02 Å². The molecule has 0 bridgehead atoms. The summed E-state index contributed by atoms with van der Waals surface area (Å²) < 4.78 is 11.4. The number of carbonyl (C=O) groups excluding carboxylic acids is 1. The van der Waals surface area contributed by atoms with Gasteiger partial charge in [0.05, 0.1) is 25.2 Å². The predicted octanol–water partition coefficient (Wildman–Crippen LogP) is 2.60. The van der Waals surface area contributed by atoms with Crippen LogP contribution in [0.4, 0.5) is 0 Å². The van der Waals surface area contributed by atoms with E-state index < -0.39 is 11.5 Å². The van der Waals surface area contributed by atoms with Gasteiger partial charge in [0.1, 0.15) is 0 Å². The van der Waals surface area contributed by atoms with Gasteiger partial charge in [-0.25, -0.2) is 0 Å². The van der Waals surface area contributed by atoms with Crippen molar-refractivity contribution in [3.05, 3.63) is 22.7 Å². The molecule has 2 atom stereocenters. The van der Waals surface area contributed by atoms with Crippen molar-refractivity contribution in [1.82, 2.24) is 10.2 Å². The summed E-state index contributed by atoms with van der Waals surface area (Å²) in [5, 5.41) is 14.1. The second kappa shape index (κ2) is 8.67. The Morgan fingerprint density at radius 1 is 1.44 bits per heavy atom. The molecule has 2 aliphatic heterocycles. The number of nitrogens with zero attached hydrogens (tertiary/aromatic N) is 1. The molecule has 0 aliphatic carbocycles. The summed E-state index contributed by atoms with van der Waals surface area (Å²) >= 11 is 6.28. The lowest BCUT2D eigenvalue weighted by Gasteiger charge is -2.47. The third kappa shape index (κ3) is 4.18. The number of hydrogen-bond acceptors (Lipinski definition) is 5. The number of hydrogen-bond donors (Lipinski definition) is 2. The van der Waals surface area contributed by atoms with Crippen molar-refractivity contribution in [2.75, 3.05) is 33.4 Å². The molecule has 2 N–H and O–H groups in total. The van der Waals surface area contributed by atoms with Crippen LogP contribution in [0.5, 0.6) is 11.5 Å². The van der Waals surface area contributed by atoms with E-state index in [1.54, 1.807) is 13.2 Å². The van der Waals surface area contributed by atoms with E-state index in [4.69, 9.17) is 21.1 Å². The molecule has 150 valence electrons. The number of piperidine rings is 2. The fourth-order valence-corrected chi connectivity index (χ4v) is 4.40. The average Bonchev–Trinajstić information content (AvgIpc) is 2.65. The minimum atomic E-state index is -0.719. The first-order valence-electron chi connectivity index (χ1n) is 9.68. The predicted molar refractivity (Wildman–Crippen MR) is 104 cm³/mol. The summed E-state index contributed by atoms with van der Waals surface area (Å²) in [6.45, 7) is 5.18. The van der Waals surface area contributed by atoms with Gasteiger partial charge < -0.3 is 19.9 Å². The van der Waals surface area contributed by atoms with E-state index >= 15 is 0 Å². The second-order valence-electron chi connectivity index (χ2n) is 7.48. The lowest BCUT2D eigenvalue weighted by atomic mass is 9.71. The second-order valence-corrected chi connectivity index (χ2v) is 7.91. The zero-order valence-corrected chi connectivity index (χ0v) is 16.8. The number of aliphatic hydroxyl groups is 1. The molecule has 1 spiro atoms. The fraction of sp³-hybridized carbons (Fsp3) is 0.650. The van der Waals surface area contributed by atoms with Crippen molar-refractivity contribution in [2.45, 2.75) is 45.3 Å². The van der Waals surface area contributed by atoms with E-state index in [2.05, 4.69) is 17.1 Å². The first-order valence-corrected chi connectivity index (χ1v) is 10.1. The number of benzene rings is 1. The summed E-state index contributed by atoms with van der Waals surface area (Å²) in [4.78, 5) is 14.8. The van der Waals surface area contributed by atoms with Gasteiger partial charge in [-0.05, 0) is 31.7 Å². The molecule has 2 saturated heterocycles. The molecule has 0 unspecified atom stereocenters. The minimum Gasteiger partial charge on any atom is -0.493 e. The Hall–Kier alpha value is -1.50. The highest BCUT2D eigenvalue weighted by Crippen LogP contribution is 2.40. The smallest absolute Gasteiger partial charge is 0.230 e. The number of rotatable bonds is 6.